The fourth-order valence-corrected chi connectivity index (χ4v) is 3.22. The van der Waals surface area contributed by atoms with Crippen molar-refractivity contribution < 1.29 is 0 Å². The van der Waals surface area contributed by atoms with Crippen molar-refractivity contribution in [2.24, 2.45) is 0 Å². The molecule has 0 aliphatic rings. The number of H-pyrrole nitrogens is 2. The van der Waals surface area contributed by atoms with Crippen LogP contribution in [0.1, 0.15) is 11.1 Å². The van der Waals surface area contributed by atoms with Crippen molar-refractivity contribution in [1.82, 2.24) is 25.1 Å². The monoisotopic (exact) mass is 369 g/mol. The normalized spacial score (nSPS) is 11.1. The molecule has 5 rings (SSSR count). The SMILES string of the molecule is c1cc(NCc2ccc3cn[nH]c3c2)nc(NCc2ccc3[nH]ccc3c2)n1. The number of hydrogen-bond acceptors (Lipinski definition) is 5. The van der Waals surface area contributed by atoms with Crippen molar-refractivity contribution >= 4 is 33.6 Å². The van der Waals surface area contributed by atoms with E-state index in [9.17, 15) is 0 Å². The van der Waals surface area contributed by atoms with Gasteiger partial charge in [0.15, 0.2) is 0 Å². The van der Waals surface area contributed by atoms with E-state index in [-0.39, 0.29) is 0 Å². The quantitative estimate of drug-likeness (QED) is 0.362. The molecule has 138 valence electrons. The molecule has 7 heteroatoms. The predicted octanol–water partition coefficient (Wildman–Crippen LogP) is 4.06. The number of aromatic amines is 2. The summed E-state index contributed by atoms with van der Waals surface area (Å²) in [5.74, 6) is 1.38. The molecule has 5 aromatic rings. The Morgan fingerprint density at radius 2 is 1.71 bits per heavy atom. The van der Waals surface area contributed by atoms with Gasteiger partial charge < -0.3 is 15.6 Å². The summed E-state index contributed by atoms with van der Waals surface area (Å²) in [6, 6.07) is 16.5. The van der Waals surface area contributed by atoms with E-state index >= 15 is 0 Å². The third kappa shape index (κ3) is 3.37. The number of hydrogen-bond donors (Lipinski definition) is 4. The van der Waals surface area contributed by atoms with Crippen LogP contribution in [0.2, 0.25) is 0 Å². The van der Waals surface area contributed by atoms with Crippen molar-refractivity contribution in [2.75, 3.05) is 10.6 Å². The van der Waals surface area contributed by atoms with E-state index in [2.05, 4.69) is 78.2 Å². The van der Waals surface area contributed by atoms with Gasteiger partial charge in [0.2, 0.25) is 5.95 Å². The lowest BCUT2D eigenvalue weighted by Gasteiger charge is -2.09. The van der Waals surface area contributed by atoms with Gasteiger partial charge in [-0.25, -0.2) is 4.98 Å². The summed E-state index contributed by atoms with van der Waals surface area (Å²) < 4.78 is 0. The first-order chi connectivity index (χ1) is 13.8. The zero-order valence-corrected chi connectivity index (χ0v) is 15.1. The summed E-state index contributed by atoms with van der Waals surface area (Å²) in [5.41, 5.74) is 4.51. The van der Waals surface area contributed by atoms with Gasteiger partial charge in [0, 0.05) is 36.4 Å². The predicted molar refractivity (Wildman–Crippen MR) is 111 cm³/mol. The minimum atomic E-state index is 0.600. The molecular weight excluding hydrogens is 350 g/mol. The fraction of sp³-hybridized carbons (Fsp3) is 0.0952. The van der Waals surface area contributed by atoms with Crippen molar-refractivity contribution in [3.05, 3.63) is 78.2 Å². The van der Waals surface area contributed by atoms with Gasteiger partial charge in [-0.1, -0.05) is 18.2 Å². The molecule has 0 aliphatic carbocycles. The highest BCUT2D eigenvalue weighted by Gasteiger charge is 2.03. The highest BCUT2D eigenvalue weighted by molar-refractivity contribution is 5.80. The average Bonchev–Trinajstić information content (AvgIpc) is 3.39. The lowest BCUT2D eigenvalue weighted by Crippen LogP contribution is -2.06. The Morgan fingerprint density at radius 1 is 0.821 bits per heavy atom. The molecule has 0 amide bonds. The zero-order valence-electron chi connectivity index (χ0n) is 15.1. The van der Waals surface area contributed by atoms with Crippen molar-refractivity contribution in [3.63, 3.8) is 0 Å². The number of anilines is 2. The third-order valence-corrected chi connectivity index (χ3v) is 4.70. The maximum atomic E-state index is 4.55. The Labute approximate surface area is 161 Å². The second kappa shape index (κ2) is 7.03. The van der Waals surface area contributed by atoms with Crippen LogP contribution in [0.5, 0.6) is 0 Å². The number of rotatable bonds is 6. The standard InChI is InChI=1S/C21H19N7/c1-3-17-13-26-28-19(17)10-15(1)11-24-20-6-8-23-21(27-20)25-12-14-2-4-18-16(9-14)5-7-22-18/h1-10,13,22H,11-12H2,(H,26,28)(H2,23,24,25,27). The second-order valence-corrected chi connectivity index (χ2v) is 6.66. The van der Waals surface area contributed by atoms with Crippen LogP contribution in [0, 0.1) is 0 Å². The minimum absolute atomic E-state index is 0.600. The van der Waals surface area contributed by atoms with Gasteiger partial charge in [-0.15, -0.1) is 0 Å². The first-order valence-electron chi connectivity index (χ1n) is 9.12. The van der Waals surface area contributed by atoms with E-state index in [1.807, 2.05) is 18.5 Å². The second-order valence-electron chi connectivity index (χ2n) is 6.66. The van der Waals surface area contributed by atoms with E-state index in [1.165, 1.54) is 10.9 Å². The molecule has 0 unspecified atom stereocenters. The van der Waals surface area contributed by atoms with Gasteiger partial charge in [0.25, 0.3) is 0 Å². The number of nitrogens with zero attached hydrogens (tertiary/aromatic N) is 3. The molecule has 7 nitrogen and oxygen atoms in total. The van der Waals surface area contributed by atoms with E-state index < -0.39 is 0 Å². The van der Waals surface area contributed by atoms with Gasteiger partial charge in [-0.05, 0) is 46.8 Å². The summed E-state index contributed by atoms with van der Waals surface area (Å²) in [4.78, 5) is 12.1. The summed E-state index contributed by atoms with van der Waals surface area (Å²) >= 11 is 0. The molecule has 0 fully saturated rings. The van der Waals surface area contributed by atoms with Crippen molar-refractivity contribution in [2.45, 2.75) is 13.1 Å². The Balaban J connectivity index is 1.23. The molecule has 0 atom stereocenters. The van der Waals surface area contributed by atoms with Crippen LogP contribution in [-0.2, 0) is 13.1 Å². The maximum Gasteiger partial charge on any atom is 0.224 e. The van der Waals surface area contributed by atoms with Crippen LogP contribution < -0.4 is 10.6 Å². The van der Waals surface area contributed by atoms with Gasteiger partial charge in [-0.2, -0.15) is 10.1 Å². The molecule has 0 saturated heterocycles. The average molecular weight is 369 g/mol. The molecule has 3 aromatic heterocycles. The Kier molecular flexibility index (Phi) is 4.10. The highest BCUT2D eigenvalue weighted by Crippen LogP contribution is 2.16. The van der Waals surface area contributed by atoms with Crippen molar-refractivity contribution in [3.8, 4) is 0 Å². The number of benzene rings is 2. The Morgan fingerprint density at radius 3 is 2.71 bits per heavy atom. The van der Waals surface area contributed by atoms with E-state index in [4.69, 9.17) is 0 Å². The lowest BCUT2D eigenvalue weighted by atomic mass is 10.1. The highest BCUT2D eigenvalue weighted by atomic mass is 15.1. The molecule has 4 N–H and O–H groups in total. The van der Waals surface area contributed by atoms with Crippen LogP contribution in [-0.4, -0.2) is 25.1 Å². The minimum Gasteiger partial charge on any atom is -0.366 e. The smallest absolute Gasteiger partial charge is 0.224 e. The van der Waals surface area contributed by atoms with Gasteiger partial charge in [0.05, 0.1) is 11.7 Å². The van der Waals surface area contributed by atoms with Gasteiger partial charge in [-0.3, -0.25) is 5.10 Å². The summed E-state index contributed by atoms with van der Waals surface area (Å²) in [6.07, 6.45) is 5.53. The zero-order chi connectivity index (χ0) is 18.8. The molecule has 0 saturated carbocycles. The van der Waals surface area contributed by atoms with Crippen LogP contribution in [0.3, 0.4) is 0 Å². The largest absolute Gasteiger partial charge is 0.366 e. The molecule has 0 radical (unpaired) electrons. The Hall–Kier alpha value is -3.87. The fourth-order valence-electron chi connectivity index (χ4n) is 3.22. The van der Waals surface area contributed by atoms with E-state index in [0.29, 0.717) is 19.0 Å². The van der Waals surface area contributed by atoms with Crippen LogP contribution in [0.25, 0.3) is 21.8 Å². The van der Waals surface area contributed by atoms with Crippen LogP contribution in [0.4, 0.5) is 11.8 Å². The summed E-state index contributed by atoms with van der Waals surface area (Å²) in [6.45, 7) is 1.34. The van der Waals surface area contributed by atoms with E-state index in [1.54, 1.807) is 6.20 Å². The molecule has 0 spiro atoms. The number of fused-ring (bicyclic) bond motifs is 2. The van der Waals surface area contributed by atoms with Gasteiger partial charge in [0.1, 0.15) is 5.82 Å². The third-order valence-electron chi connectivity index (χ3n) is 4.70. The lowest BCUT2D eigenvalue weighted by molar-refractivity contribution is 1.04. The molecular formula is C21H19N7. The van der Waals surface area contributed by atoms with Gasteiger partial charge >= 0.3 is 0 Å². The Bertz CT molecular complexity index is 1140. The van der Waals surface area contributed by atoms with Crippen LogP contribution >= 0.6 is 0 Å². The number of aromatic nitrogens is 5. The topological polar surface area (TPSA) is 94.3 Å². The first kappa shape index (κ1) is 16.3. The molecule has 28 heavy (non-hydrogen) atoms. The molecule has 0 aliphatic heterocycles. The molecule has 2 aromatic carbocycles. The van der Waals surface area contributed by atoms with E-state index in [0.717, 1.165) is 27.8 Å². The van der Waals surface area contributed by atoms with Crippen LogP contribution in [0.15, 0.2) is 67.1 Å². The maximum absolute atomic E-state index is 4.55. The molecule has 3 heterocycles. The molecule has 0 bridgehead atoms. The summed E-state index contributed by atoms with van der Waals surface area (Å²) in [7, 11) is 0. The first-order valence-corrected chi connectivity index (χ1v) is 9.12. The number of nitrogens with one attached hydrogen (secondary N) is 4. The summed E-state index contributed by atoms with van der Waals surface area (Å²) in [5, 5.41) is 16.0. The van der Waals surface area contributed by atoms with Crippen molar-refractivity contribution in [1.29, 1.82) is 0 Å².